The van der Waals surface area contributed by atoms with Crippen LogP contribution in [0.2, 0.25) is 5.28 Å². The van der Waals surface area contributed by atoms with Gasteiger partial charge in [-0.2, -0.15) is 4.98 Å². The van der Waals surface area contributed by atoms with Crippen LogP contribution in [0.4, 0.5) is 11.5 Å². The molecule has 1 atom stereocenters. The molecule has 2 heterocycles. The maximum atomic E-state index is 12.1. The first-order chi connectivity index (χ1) is 9.63. The second kappa shape index (κ2) is 5.44. The second-order valence-corrected chi connectivity index (χ2v) is 5.82. The summed E-state index contributed by atoms with van der Waals surface area (Å²) in [5, 5.41) is 3.21. The van der Waals surface area contributed by atoms with Crippen molar-refractivity contribution in [2.75, 3.05) is 23.7 Å². The van der Waals surface area contributed by atoms with Gasteiger partial charge in [-0.1, -0.05) is 0 Å². The molecule has 1 saturated carbocycles. The molecule has 2 fully saturated rings. The number of nitrogen functional groups attached to an aromatic ring is 1. The molecule has 20 heavy (non-hydrogen) atoms. The van der Waals surface area contributed by atoms with Crippen molar-refractivity contribution >= 4 is 29.0 Å². The number of aromatic nitrogens is 2. The molecular formula is C13H18ClN5O. The van der Waals surface area contributed by atoms with Crippen LogP contribution in [0.25, 0.3) is 0 Å². The number of nitrogens with two attached hydrogens (primary N) is 1. The Morgan fingerprint density at radius 2 is 2.25 bits per heavy atom. The molecule has 1 aromatic heterocycles. The van der Waals surface area contributed by atoms with Crippen LogP contribution in [0.3, 0.4) is 0 Å². The molecule has 0 radical (unpaired) electrons. The predicted molar refractivity (Wildman–Crippen MR) is 77.6 cm³/mol. The average molecular weight is 296 g/mol. The van der Waals surface area contributed by atoms with Gasteiger partial charge in [-0.3, -0.25) is 4.79 Å². The van der Waals surface area contributed by atoms with Gasteiger partial charge in [-0.15, -0.1) is 0 Å². The van der Waals surface area contributed by atoms with Crippen LogP contribution in [0.15, 0.2) is 6.20 Å². The molecule has 1 aliphatic carbocycles. The Kier molecular flexibility index (Phi) is 3.65. The molecule has 0 spiro atoms. The lowest BCUT2D eigenvalue weighted by Crippen LogP contribution is -2.44. The Bertz CT molecular complexity index is 519. The average Bonchev–Trinajstić information content (AvgIpc) is 3.23. The third-order valence-electron chi connectivity index (χ3n) is 3.83. The van der Waals surface area contributed by atoms with E-state index < -0.39 is 0 Å². The van der Waals surface area contributed by atoms with E-state index in [-0.39, 0.29) is 17.1 Å². The molecule has 3 N–H and O–H groups in total. The van der Waals surface area contributed by atoms with Crippen molar-refractivity contribution in [3.63, 3.8) is 0 Å². The Morgan fingerprint density at radius 3 is 2.95 bits per heavy atom. The maximum Gasteiger partial charge on any atom is 0.225 e. The maximum absolute atomic E-state index is 12.1. The Morgan fingerprint density at radius 1 is 1.45 bits per heavy atom. The second-order valence-electron chi connectivity index (χ2n) is 5.48. The molecule has 0 unspecified atom stereocenters. The lowest BCUT2D eigenvalue weighted by molar-refractivity contribution is -0.125. The predicted octanol–water partition coefficient (Wildman–Crippen LogP) is 1.21. The van der Waals surface area contributed by atoms with Crippen LogP contribution in [0, 0.1) is 5.92 Å². The van der Waals surface area contributed by atoms with Gasteiger partial charge in [-0.25, -0.2) is 4.98 Å². The molecule has 108 valence electrons. The van der Waals surface area contributed by atoms with Crippen molar-refractivity contribution in [1.82, 2.24) is 15.3 Å². The lowest BCUT2D eigenvalue weighted by Gasteiger charge is -2.33. The summed E-state index contributed by atoms with van der Waals surface area (Å²) < 4.78 is 0. The molecule has 1 amide bonds. The number of carbonyl (C=O) groups excluding carboxylic acids is 1. The van der Waals surface area contributed by atoms with Gasteiger partial charge < -0.3 is 16.0 Å². The molecule has 6 nitrogen and oxygen atoms in total. The van der Waals surface area contributed by atoms with Gasteiger partial charge in [0.05, 0.1) is 17.8 Å². The molecule has 3 rings (SSSR count). The van der Waals surface area contributed by atoms with E-state index >= 15 is 0 Å². The fourth-order valence-corrected chi connectivity index (χ4v) is 2.71. The van der Waals surface area contributed by atoms with E-state index in [0.717, 1.165) is 37.9 Å². The van der Waals surface area contributed by atoms with Crippen molar-refractivity contribution < 1.29 is 4.79 Å². The van der Waals surface area contributed by atoms with Crippen molar-refractivity contribution in [3.8, 4) is 0 Å². The molecule has 1 saturated heterocycles. The highest BCUT2D eigenvalue weighted by Gasteiger charge is 2.31. The van der Waals surface area contributed by atoms with Crippen molar-refractivity contribution in [2.45, 2.75) is 31.7 Å². The molecule has 7 heteroatoms. The van der Waals surface area contributed by atoms with Crippen molar-refractivity contribution in [1.29, 1.82) is 0 Å². The summed E-state index contributed by atoms with van der Waals surface area (Å²) in [4.78, 5) is 22.2. The standard InChI is InChI=1S/C13H18ClN5O/c14-13-16-6-10(11(15)18-13)19-5-1-2-8(7-19)12(20)17-9-3-4-9/h6,8-9H,1-5,7H2,(H,17,20)(H2,15,16,18)/t8-/m0/s1. The number of nitrogens with one attached hydrogen (secondary N) is 1. The van der Waals surface area contributed by atoms with E-state index in [1.165, 1.54) is 0 Å². The highest BCUT2D eigenvalue weighted by molar-refractivity contribution is 6.28. The smallest absolute Gasteiger partial charge is 0.225 e. The number of anilines is 2. The van der Waals surface area contributed by atoms with E-state index in [2.05, 4.69) is 20.2 Å². The molecule has 0 aromatic carbocycles. The summed E-state index contributed by atoms with van der Waals surface area (Å²) in [6.07, 6.45) is 5.74. The quantitative estimate of drug-likeness (QED) is 0.819. The topological polar surface area (TPSA) is 84.1 Å². The summed E-state index contributed by atoms with van der Waals surface area (Å²) in [7, 11) is 0. The van der Waals surface area contributed by atoms with Crippen LogP contribution in [0.5, 0.6) is 0 Å². The number of rotatable bonds is 3. The zero-order valence-electron chi connectivity index (χ0n) is 11.2. The fourth-order valence-electron chi connectivity index (χ4n) is 2.57. The number of piperidine rings is 1. The highest BCUT2D eigenvalue weighted by Crippen LogP contribution is 2.28. The lowest BCUT2D eigenvalue weighted by atomic mass is 9.97. The van der Waals surface area contributed by atoms with Crippen molar-refractivity contribution in [2.24, 2.45) is 5.92 Å². The number of carbonyl (C=O) groups is 1. The third-order valence-corrected chi connectivity index (χ3v) is 4.01. The fraction of sp³-hybridized carbons (Fsp3) is 0.615. The summed E-state index contributed by atoms with van der Waals surface area (Å²) >= 11 is 5.71. The van der Waals surface area contributed by atoms with E-state index in [1.54, 1.807) is 6.20 Å². The van der Waals surface area contributed by atoms with Crippen molar-refractivity contribution in [3.05, 3.63) is 11.5 Å². The Labute approximate surface area is 122 Å². The van der Waals surface area contributed by atoms with E-state index in [0.29, 0.717) is 18.4 Å². The number of hydrogen-bond donors (Lipinski definition) is 2. The number of amides is 1. The molecule has 1 aromatic rings. The Balaban J connectivity index is 1.69. The van der Waals surface area contributed by atoms with Crippen LogP contribution in [0.1, 0.15) is 25.7 Å². The number of nitrogens with zero attached hydrogens (tertiary/aromatic N) is 3. The summed E-state index contributed by atoms with van der Waals surface area (Å²) in [6, 6.07) is 0.404. The van der Waals surface area contributed by atoms with E-state index in [1.807, 2.05) is 0 Å². The number of hydrogen-bond acceptors (Lipinski definition) is 5. The van der Waals surface area contributed by atoms with Gasteiger partial charge in [0.1, 0.15) is 0 Å². The minimum Gasteiger partial charge on any atom is -0.382 e. The van der Waals surface area contributed by atoms with Gasteiger partial charge in [0, 0.05) is 19.1 Å². The number of halogens is 1. The van der Waals surface area contributed by atoms with E-state index in [9.17, 15) is 4.79 Å². The summed E-state index contributed by atoms with van der Waals surface area (Å²) in [6.45, 7) is 1.52. The molecular weight excluding hydrogens is 278 g/mol. The van der Waals surface area contributed by atoms with Gasteiger partial charge in [0.2, 0.25) is 11.2 Å². The van der Waals surface area contributed by atoms with E-state index in [4.69, 9.17) is 17.3 Å². The summed E-state index contributed by atoms with van der Waals surface area (Å²) in [5.74, 6) is 0.540. The zero-order chi connectivity index (χ0) is 14.1. The van der Waals surface area contributed by atoms with Gasteiger partial charge in [-0.05, 0) is 37.3 Å². The van der Waals surface area contributed by atoms with Gasteiger partial charge >= 0.3 is 0 Å². The zero-order valence-corrected chi connectivity index (χ0v) is 11.9. The van der Waals surface area contributed by atoms with Crippen LogP contribution in [-0.2, 0) is 4.79 Å². The Hall–Kier alpha value is -1.56. The van der Waals surface area contributed by atoms with Crippen LogP contribution >= 0.6 is 11.6 Å². The minimum atomic E-state index is 0.0134. The normalized spacial score (nSPS) is 22.6. The van der Waals surface area contributed by atoms with Gasteiger partial charge in [0.25, 0.3) is 0 Å². The largest absolute Gasteiger partial charge is 0.382 e. The monoisotopic (exact) mass is 295 g/mol. The van der Waals surface area contributed by atoms with Crippen LogP contribution in [-0.4, -0.2) is 35.0 Å². The summed E-state index contributed by atoms with van der Waals surface area (Å²) in [5.41, 5.74) is 6.65. The van der Waals surface area contributed by atoms with Crippen LogP contribution < -0.4 is 16.0 Å². The molecule has 1 aliphatic heterocycles. The third kappa shape index (κ3) is 2.95. The van der Waals surface area contributed by atoms with Gasteiger partial charge in [0.15, 0.2) is 5.82 Å². The molecule has 0 bridgehead atoms. The highest BCUT2D eigenvalue weighted by atomic mass is 35.5. The SMILES string of the molecule is Nc1nc(Cl)ncc1N1CCC[C@H](C(=O)NC2CC2)C1. The minimum absolute atomic E-state index is 0.0134. The first-order valence-electron chi connectivity index (χ1n) is 6.97. The first-order valence-corrected chi connectivity index (χ1v) is 7.34. The first kappa shape index (κ1) is 13.4. The molecule has 2 aliphatic rings.